The number of rotatable bonds is 5. The molecule has 0 radical (unpaired) electrons. The first-order chi connectivity index (χ1) is 15.4. The van der Waals surface area contributed by atoms with Crippen LogP contribution in [0.15, 0.2) is 65.7 Å². The van der Waals surface area contributed by atoms with Gasteiger partial charge in [0.05, 0.1) is 12.8 Å². The third-order valence-corrected chi connectivity index (χ3v) is 6.10. The molecule has 0 saturated carbocycles. The van der Waals surface area contributed by atoms with Gasteiger partial charge in [-0.3, -0.25) is 9.59 Å². The molecule has 32 heavy (non-hydrogen) atoms. The van der Waals surface area contributed by atoms with Crippen LogP contribution in [0, 0.1) is 0 Å². The number of Topliss-reactive ketones (excluding diaryl/α,β-unsaturated/α-hetero) is 1. The summed E-state index contributed by atoms with van der Waals surface area (Å²) in [6.07, 6.45) is 3.14. The first-order valence-corrected chi connectivity index (χ1v) is 11.1. The lowest BCUT2D eigenvalue weighted by atomic mass is 10.0. The number of halogens is 1. The van der Waals surface area contributed by atoms with Crippen LogP contribution in [0.3, 0.4) is 0 Å². The summed E-state index contributed by atoms with van der Waals surface area (Å²) in [6.45, 7) is 0.267. The number of nitrogens with zero attached hydrogens (tertiary/aromatic N) is 1. The molecule has 0 saturated heterocycles. The quantitative estimate of drug-likeness (QED) is 0.553. The molecule has 0 bridgehead atoms. The Hall–Kier alpha value is -3.49. The molecule has 4 rings (SSSR count). The number of anilines is 1. The third-order valence-electron chi connectivity index (χ3n) is 4.76. The molecule has 1 amide bonds. The van der Waals surface area contributed by atoms with Crippen molar-refractivity contribution in [3.8, 4) is 5.88 Å². The number of carbonyl (C=O) groups is 2. The molecule has 1 atom stereocenters. The van der Waals surface area contributed by atoms with E-state index in [1.807, 2.05) is 0 Å². The minimum atomic E-state index is -1.72. The number of hydrogen-bond donors (Lipinski definition) is 2. The lowest BCUT2D eigenvalue weighted by Gasteiger charge is -2.19. The summed E-state index contributed by atoms with van der Waals surface area (Å²) >= 11 is 6.00. The van der Waals surface area contributed by atoms with Crippen molar-refractivity contribution in [3.63, 3.8) is 0 Å². The van der Waals surface area contributed by atoms with E-state index in [1.165, 1.54) is 19.3 Å². The molecule has 7 nitrogen and oxygen atoms in total. The van der Waals surface area contributed by atoms with Crippen molar-refractivity contribution in [2.45, 2.75) is 6.54 Å². The van der Waals surface area contributed by atoms with Crippen LogP contribution in [0.4, 0.5) is 5.69 Å². The second-order valence-corrected chi connectivity index (χ2v) is 8.53. The predicted octanol–water partition coefficient (Wildman–Crippen LogP) is 3.99. The third kappa shape index (κ3) is 4.71. The van der Waals surface area contributed by atoms with E-state index in [9.17, 15) is 13.8 Å². The summed E-state index contributed by atoms with van der Waals surface area (Å²) in [5, 5.41) is 3.31. The summed E-state index contributed by atoms with van der Waals surface area (Å²) in [7, 11) is -0.195. The van der Waals surface area contributed by atoms with E-state index in [0.29, 0.717) is 27.7 Å². The molecule has 0 aliphatic carbocycles. The van der Waals surface area contributed by atoms with Crippen LogP contribution in [-0.4, -0.2) is 28.0 Å². The number of benzene rings is 2. The Labute approximate surface area is 192 Å². The molecule has 1 unspecified atom stereocenters. The number of methoxy groups -OCH3 is 1. The van der Waals surface area contributed by atoms with Gasteiger partial charge in [-0.25, -0.2) is 9.19 Å². The van der Waals surface area contributed by atoms with Crippen molar-refractivity contribution in [2.24, 2.45) is 0 Å². The Balaban J connectivity index is 1.54. The first-order valence-electron chi connectivity index (χ1n) is 9.56. The molecule has 1 aromatic heterocycles. The summed E-state index contributed by atoms with van der Waals surface area (Å²) in [5.74, 6) is -0.269. The summed E-state index contributed by atoms with van der Waals surface area (Å²) < 4.78 is 20.4. The predicted molar refractivity (Wildman–Crippen MR) is 124 cm³/mol. The van der Waals surface area contributed by atoms with Gasteiger partial charge in [-0.05, 0) is 47.5 Å². The molecular weight excluding hydrogens is 450 g/mol. The van der Waals surface area contributed by atoms with Gasteiger partial charge in [0.25, 0.3) is 5.91 Å². The molecule has 0 spiro atoms. The van der Waals surface area contributed by atoms with Crippen LogP contribution in [0.5, 0.6) is 5.88 Å². The molecule has 3 aromatic rings. The van der Waals surface area contributed by atoms with Gasteiger partial charge in [-0.2, -0.15) is 0 Å². The van der Waals surface area contributed by atoms with Gasteiger partial charge in [-0.15, -0.1) is 0 Å². The number of carbonyl (C=O) groups excluding carboxylic acids is 2. The molecular formula is C23H18ClN3O4S. The van der Waals surface area contributed by atoms with Crippen molar-refractivity contribution in [1.82, 2.24) is 10.3 Å². The Morgan fingerprint density at radius 3 is 2.78 bits per heavy atom. The summed E-state index contributed by atoms with van der Waals surface area (Å²) in [6, 6.07) is 15.0. The second-order valence-electron chi connectivity index (χ2n) is 6.92. The van der Waals surface area contributed by atoms with Gasteiger partial charge < -0.3 is 14.8 Å². The first kappa shape index (κ1) is 21.7. The fourth-order valence-corrected chi connectivity index (χ4v) is 4.33. The van der Waals surface area contributed by atoms with E-state index in [4.69, 9.17) is 16.3 Å². The van der Waals surface area contributed by atoms with E-state index in [0.717, 1.165) is 5.56 Å². The maximum atomic E-state index is 13.0. The van der Waals surface area contributed by atoms with Crippen LogP contribution >= 0.6 is 11.6 Å². The Bertz CT molecular complexity index is 1260. The Morgan fingerprint density at radius 1 is 1.22 bits per heavy atom. The average Bonchev–Trinajstić information content (AvgIpc) is 2.80. The van der Waals surface area contributed by atoms with Gasteiger partial charge >= 0.3 is 0 Å². The fraction of sp³-hybridized carbons (Fsp3) is 0.0870. The van der Waals surface area contributed by atoms with E-state index < -0.39 is 16.8 Å². The van der Waals surface area contributed by atoms with Crippen LogP contribution in [-0.2, 0) is 17.5 Å². The maximum Gasteiger partial charge on any atom is 0.251 e. The van der Waals surface area contributed by atoms with Gasteiger partial charge in [0.15, 0.2) is 11.0 Å². The second kappa shape index (κ2) is 9.33. The van der Waals surface area contributed by atoms with E-state index in [1.54, 1.807) is 54.7 Å². The zero-order valence-electron chi connectivity index (χ0n) is 16.9. The lowest BCUT2D eigenvalue weighted by molar-refractivity contribution is 0.0951. The van der Waals surface area contributed by atoms with E-state index >= 15 is 0 Å². The van der Waals surface area contributed by atoms with Crippen molar-refractivity contribution >= 4 is 46.0 Å². The zero-order valence-corrected chi connectivity index (χ0v) is 18.5. The summed E-state index contributed by atoms with van der Waals surface area (Å²) in [4.78, 5) is 29.9. The highest BCUT2D eigenvalue weighted by atomic mass is 35.5. The monoisotopic (exact) mass is 467 g/mol. The smallest absolute Gasteiger partial charge is 0.251 e. The van der Waals surface area contributed by atoms with Gasteiger partial charge in [0, 0.05) is 35.0 Å². The van der Waals surface area contributed by atoms with Crippen molar-refractivity contribution in [2.75, 3.05) is 11.8 Å². The number of nitrogens with one attached hydrogen (secondary N) is 2. The highest BCUT2D eigenvalue weighted by molar-refractivity contribution is 7.91. The standard InChI is InChI=1S/C23H18ClN3O4S/c1-31-21-8-5-15(12-25-21)13-26-23(29)16-6-7-19-18(11-16)22(28)20(32(30)27-19)10-14-3-2-4-17(24)9-14/h2-12,27H,13H2,1H3,(H,26,29)/b20-10-. The van der Waals surface area contributed by atoms with Crippen molar-refractivity contribution < 1.29 is 18.5 Å². The summed E-state index contributed by atoms with van der Waals surface area (Å²) in [5.41, 5.74) is 2.46. The van der Waals surface area contributed by atoms with E-state index in [2.05, 4.69) is 15.0 Å². The topological polar surface area (TPSA) is 97.4 Å². The van der Waals surface area contributed by atoms with Crippen LogP contribution in [0.1, 0.15) is 31.8 Å². The molecule has 2 heterocycles. The number of hydrogen-bond acceptors (Lipinski definition) is 5. The molecule has 1 aliphatic rings. The van der Waals surface area contributed by atoms with Crippen LogP contribution < -0.4 is 14.8 Å². The molecule has 2 N–H and O–H groups in total. The molecule has 1 aliphatic heterocycles. The Morgan fingerprint density at radius 2 is 2.06 bits per heavy atom. The normalized spacial score (nSPS) is 16.2. The van der Waals surface area contributed by atoms with Crippen molar-refractivity contribution in [1.29, 1.82) is 0 Å². The Kier molecular flexibility index (Phi) is 6.34. The minimum Gasteiger partial charge on any atom is -0.481 e. The number of pyridine rings is 1. The zero-order chi connectivity index (χ0) is 22.7. The lowest BCUT2D eigenvalue weighted by Crippen LogP contribution is -2.25. The highest BCUT2D eigenvalue weighted by Gasteiger charge is 2.28. The number of amides is 1. The number of allylic oxidation sites excluding steroid dienone is 1. The van der Waals surface area contributed by atoms with E-state index in [-0.39, 0.29) is 22.9 Å². The number of ketones is 1. The highest BCUT2D eigenvalue weighted by Crippen LogP contribution is 2.30. The molecule has 2 aromatic carbocycles. The van der Waals surface area contributed by atoms with Gasteiger partial charge in [0.2, 0.25) is 11.7 Å². The van der Waals surface area contributed by atoms with Crippen molar-refractivity contribution in [3.05, 3.63) is 93.0 Å². The SMILES string of the molecule is COc1ccc(CNC(=O)c2ccc3c(c2)C(=O)/C(=C/c2cccc(Cl)c2)S(=O)N3)cn1. The molecule has 0 fully saturated rings. The minimum absolute atomic E-state index is 0.0848. The number of aromatic nitrogens is 1. The van der Waals surface area contributed by atoms with Gasteiger partial charge in [0.1, 0.15) is 4.91 Å². The number of ether oxygens (including phenoxy) is 1. The average molecular weight is 468 g/mol. The maximum absolute atomic E-state index is 13.0. The molecule has 9 heteroatoms. The number of fused-ring (bicyclic) bond motifs is 1. The van der Waals surface area contributed by atoms with Crippen LogP contribution in [0.25, 0.3) is 6.08 Å². The fourth-order valence-electron chi connectivity index (χ4n) is 3.12. The molecule has 162 valence electrons. The van der Waals surface area contributed by atoms with Gasteiger partial charge in [-0.1, -0.05) is 29.8 Å². The van der Waals surface area contributed by atoms with Crippen LogP contribution in [0.2, 0.25) is 5.02 Å². The largest absolute Gasteiger partial charge is 0.481 e.